The van der Waals surface area contributed by atoms with E-state index in [1.807, 2.05) is 0 Å². The molecule has 0 unspecified atom stereocenters. The SMILES string of the molecule is Nc1ccc(C(=O)NC2CCOCC2)cc1O. The summed E-state index contributed by atoms with van der Waals surface area (Å²) in [7, 11) is 0. The monoisotopic (exact) mass is 236 g/mol. The molecule has 1 saturated heterocycles. The van der Waals surface area contributed by atoms with Gasteiger partial charge in [-0.2, -0.15) is 0 Å². The summed E-state index contributed by atoms with van der Waals surface area (Å²) < 4.78 is 5.21. The van der Waals surface area contributed by atoms with Gasteiger partial charge in [-0.1, -0.05) is 0 Å². The number of ether oxygens (including phenoxy) is 1. The van der Waals surface area contributed by atoms with Crippen molar-refractivity contribution in [3.8, 4) is 5.75 Å². The van der Waals surface area contributed by atoms with E-state index < -0.39 is 0 Å². The molecule has 5 nitrogen and oxygen atoms in total. The van der Waals surface area contributed by atoms with Crippen molar-refractivity contribution >= 4 is 11.6 Å². The van der Waals surface area contributed by atoms with E-state index in [1.165, 1.54) is 12.1 Å². The van der Waals surface area contributed by atoms with Crippen molar-refractivity contribution in [2.24, 2.45) is 0 Å². The number of phenolic OH excluding ortho intramolecular Hbond substituents is 1. The van der Waals surface area contributed by atoms with Gasteiger partial charge < -0.3 is 20.9 Å². The molecule has 1 fully saturated rings. The van der Waals surface area contributed by atoms with Crippen LogP contribution in [0, 0.1) is 0 Å². The number of benzene rings is 1. The summed E-state index contributed by atoms with van der Waals surface area (Å²) in [6, 6.07) is 4.65. The molecule has 0 aliphatic carbocycles. The van der Waals surface area contributed by atoms with E-state index in [1.54, 1.807) is 6.07 Å². The van der Waals surface area contributed by atoms with Crippen molar-refractivity contribution in [1.29, 1.82) is 0 Å². The fourth-order valence-corrected chi connectivity index (χ4v) is 1.80. The molecule has 2 rings (SSSR count). The minimum atomic E-state index is -0.188. The van der Waals surface area contributed by atoms with Crippen molar-refractivity contribution in [1.82, 2.24) is 5.32 Å². The van der Waals surface area contributed by atoms with E-state index in [2.05, 4.69) is 5.32 Å². The number of carbonyl (C=O) groups is 1. The average molecular weight is 236 g/mol. The van der Waals surface area contributed by atoms with Crippen LogP contribution in [0.3, 0.4) is 0 Å². The van der Waals surface area contributed by atoms with Crippen LogP contribution in [-0.2, 0) is 4.74 Å². The number of anilines is 1. The van der Waals surface area contributed by atoms with E-state index in [4.69, 9.17) is 10.5 Å². The highest BCUT2D eigenvalue weighted by molar-refractivity contribution is 5.95. The van der Waals surface area contributed by atoms with E-state index >= 15 is 0 Å². The Morgan fingerprint density at radius 1 is 1.41 bits per heavy atom. The van der Waals surface area contributed by atoms with Gasteiger partial charge in [0.05, 0.1) is 5.69 Å². The van der Waals surface area contributed by atoms with Gasteiger partial charge in [0.2, 0.25) is 0 Å². The van der Waals surface area contributed by atoms with Crippen LogP contribution in [-0.4, -0.2) is 30.3 Å². The van der Waals surface area contributed by atoms with Gasteiger partial charge in [0.1, 0.15) is 5.75 Å². The van der Waals surface area contributed by atoms with E-state index in [0.29, 0.717) is 18.8 Å². The van der Waals surface area contributed by atoms with E-state index in [-0.39, 0.29) is 23.4 Å². The van der Waals surface area contributed by atoms with Crippen LogP contribution < -0.4 is 11.1 Å². The molecule has 1 aromatic carbocycles. The molecule has 1 aliphatic heterocycles. The third-order valence-electron chi connectivity index (χ3n) is 2.85. The minimum absolute atomic E-state index is 0.0652. The molecule has 17 heavy (non-hydrogen) atoms. The van der Waals surface area contributed by atoms with Gasteiger partial charge in [0.15, 0.2) is 0 Å². The second-order valence-electron chi connectivity index (χ2n) is 4.13. The quantitative estimate of drug-likeness (QED) is 0.525. The fraction of sp³-hybridized carbons (Fsp3) is 0.417. The number of carbonyl (C=O) groups excluding carboxylic acids is 1. The van der Waals surface area contributed by atoms with Crippen molar-refractivity contribution in [2.75, 3.05) is 18.9 Å². The molecule has 1 amide bonds. The molecule has 0 spiro atoms. The summed E-state index contributed by atoms with van der Waals surface area (Å²) in [5.74, 6) is -0.253. The number of aromatic hydroxyl groups is 1. The Morgan fingerprint density at radius 2 is 2.12 bits per heavy atom. The van der Waals surface area contributed by atoms with Crippen molar-refractivity contribution in [2.45, 2.75) is 18.9 Å². The van der Waals surface area contributed by atoms with Crippen LogP contribution >= 0.6 is 0 Å². The molecule has 0 radical (unpaired) electrons. The molecule has 1 aliphatic rings. The second kappa shape index (κ2) is 5.05. The molecule has 92 valence electrons. The van der Waals surface area contributed by atoms with Gasteiger partial charge in [-0.25, -0.2) is 0 Å². The van der Waals surface area contributed by atoms with Gasteiger partial charge in [0, 0.05) is 24.8 Å². The number of nitrogens with two attached hydrogens (primary N) is 1. The van der Waals surface area contributed by atoms with E-state index in [9.17, 15) is 9.90 Å². The van der Waals surface area contributed by atoms with Gasteiger partial charge in [-0.15, -0.1) is 0 Å². The molecule has 5 heteroatoms. The Labute approximate surface area is 99.6 Å². The van der Waals surface area contributed by atoms with Crippen LogP contribution in [0.5, 0.6) is 5.75 Å². The van der Waals surface area contributed by atoms with Crippen LogP contribution in [0.25, 0.3) is 0 Å². The molecule has 1 aromatic rings. The maximum absolute atomic E-state index is 11.9. The summed E-state index contributed by atoms with van der Waals surface area (Å²) in [4.78, 5) is 11.9. The average Bonchev–Trinajstić information content (AvgIpc) is 2.34. The number of phenols is 1. The first-order chi connectivity index (χ1) is 8.16. The molecule has 0 aromatic heterocycles. The minimum Gasteiger partial charge on any atom is -0.506 e. The Bertz CT molecular complexity index is 414. The first kappa shape index (κ1) is 11.7. The highest BCUT2D eigenvalue weighted by atomic mass is 16.5. The Balaban J connectivity index is 2.01. The normalized spacial score (nSPS) is 16.7. The zero-order chi connectivity index (χ0) is 12.3. The summed E-state index contributed by atoms with van der Waals surface area (Å²) in [6.45, 7) is 1.36. The number of amides is 1. The topological polar surface area (TPSA) is 84.6 Å². The van der Waals surface area contributed by atoms with Gasteiger partial charge in [-0.05, 0) is 31.0 Å². The van der Waals surface area contributed by atoms with Crippen LogP contribution in [0.15, 0.2) is 18.2 Å². The Morgan fingerprint density at radius 3 is 2.76 bits per heavy atom. The largest absolute Gasteiger partial charge is 0.506 e. The van der Waals surface area contributed by atoms with Crippen molar-refractivity contribution < 1.29 is 14.6 Å². The molecule has 0 bridgehead atoms. The molecular formula is C12H16N2O3. The Hall–Kier alpha value is -1.75. The van der Waals surface area contributed by atoms with Crippen molar-refractivity contribution in [3.05, 3.63) is 23.8 Å². The molecule has 0 saturated carbocycles. The third kappa shape index (κ3) is 2.88. The number of hydrogen-bond donors (Lipinski definition) is 3. The third-order valence-corrected chi connectivity index (χ3v) is 2.85. The molecular weight excluding hydrogens is 220 g/mol. The summed E-state index contributed by atoms with van der Waals surface area (Å²) in [5.41, 5.74) is 6.17. The highest BCUT2D eigenvalue weighted by Gasteiger charge is 2.17. The standard InChI is InChI=1S/C12H16N2O3/c13-10-2-1-8(7-11(10)15)12(16)14-9-3-5-17-6-4-9/h1-2,7,9,15H,3-6,13H2,(H,14,16). The molecule has 0 atom stereocenters. The lowest BCUT2D eigenvalue weighted by molar-refractivity contribution is 0.0696. The smallest absolute Gasteiger partial charge is 0.251 e. The predicted octanol–water partition coefficient (Wildman–Crippen LogP) is 0.883. The highest BCUT2D eigenvalue weighted by Crippen LogP contribution is 2.20. The Kier molecular flexibility index (Phi) is 3.49. The number of nitrogen functional groups attached to an aromatic ring is 1. The fourth-order valence-electron chi connectivity index (χ4n) is 1.80. The van der Waals surface area contributed by atoms with Crippen LogP contribution in [0.4, 0.5) is 5.69 Å². The zero-order valence-electron chi connectivity index (χ0n) is 9.48. The summed E-state index contributed by atoms with van der Waals surface area (Å²) in [6.07, 6.45) is 1.65. The first-order valence-electron chi connectivity index (χ1n) is 5.64. The van der Waals surface area contributed by atoms with Crippen molar-refractivity contribution in [3.63, 3.8) is 0 Å². The van der Waals surface area contributed by atoms with Crippen LogP contribution in [0.2, 0.25) is 0 Å². The molecule has 4 N–H and O–H groups in total. The zero-order valence-corrected chi connectivity index (χ0v) is 9.48. The lowest BCUT2D eigenvalue weighted by Gasteiger charge is -2.23. The first-order valence-corrected chi connectivity index (χ1v) is 5.64. The van der Waals surface area contributed by atoms with Crippen LogP contribution in [0.1, 0.15) is 23.2 Å². The number of rotatable bonds is 2. The second-order valence-corrected chi connectivity index (χ2v) is 4.13. The maximum atomic E-state index is 11.9. The summed E-state index contributed by atoms with van der Waals surface area (Å²) in [5, 5.41) is 12.3. The number of nitrogens with one attached hydrogen (secondary N) is 1. The van der Waals surface area contributed by atoms with E-state index in [0.717, 1.165) is 12.8 Å². The van der Waals surface area contributed by atoms with Gasteiger partial charge in [-0.3, -0.25) is 4.79 Å². The lowest BCUT2D eigenvalue weighted by atomic mass is 10.1. The van der Waals surface area contributed by atoms with Gasteiger partial charge in [0.25, 0.3) is 5.91 Å². The lowest BCUT2D eigenvalue weighted by Crippen LogP contribution is -2.38. The molecule has 1 heterocycles. The van der Waals surface area contributed by atoms with Gasteiger partial charge >= 0.3 is 0 Å². The predicted molar refractivity (Wildman–Crippen MR) is 63.8 cm³/mol. The number of hydrogen-bond acceptors (Lipinski definition) is 4. The maximum Gasteiger partial charge on any atom is 0.251 e. The summed E-state index contributed by atoms with van der Waals surface area (Å²) >= 11 is 0.